The van der Waals surface area contributed by atoms with Gasteiger partial charge in [0.2, 0.25) is 0 Å². The Morgan fingerprint density at radius 3 is 2.09 bits per heavy atom. The highest BCUT2D eigenvalue weighted by molar-refractivity contribution is 5.14. The first kappa shape index (κ1) is 15.9. The fourth-order valence-corrected chi connectivity index (χ4v) is 2.51. The topological polar surface area (TPSA) is 27.7 Å². The normalized spacial score (nSPS) is 21.0. The Morgan fingerprint density at radius 1 is 0.826 bits per heavy atom. The maximum atomic E-state index is 6.06. The molecule has 2 aromatic carbocycles. The van der Waals surface area contributed by atoms with E-state index in [-0.39, 0.29) is 12.2 Å². The molecule has 1 heterocycles. The van der Waals surface area contributed by atoms with E-state index in [4.69, 9.17) is 14.2 Å². The Morgan fingerprint density at radius 2 is 1.43 bits per heavy atom. The van der Waals surface area contributed by atoms with E-state index in [0.717, 1.165) is 11.1 Å². The molecule has 3 heteroatoms. The third kappa shape index (κ3) is 5.03. The Hall–Kier alpha value is -1.94. The van der Waals surface area contributed by atoms with Crippen LogP contribution in [0.15, 0.2) is 72.8 Å². The fraction of sp³-hybridized carbons (Fsp3) is 0.300. The average Bonchev–Trinajstić information content (AvgIpc) is 2.85. The van der Waals surface area contributed by atoms with Crippen LogP contribution in [0.4, 0.5) is 0 Å². The summed E-state index contributed by atoms with van der Waals surface area (Å²) in [6, 6.07) is 20.4. The second-order valence-electron chi connectivity index (χ2n) is 5.56. The Bertz CT molecular complexity index is 595. The van der Waals surface area contributed by atoms with Crippen LogP contribution in [0, 0.1) is 0 Å². The van der Waals surface area contributed by atoms with Gasteiger partial charge in [0.15, 0.2) is 0 Å². The molecule has 0 bridgehead atoms. The highest BCUT2D eigenvalue weighted by Gasteiger charge is 2.23. The summed E-state index contributed by atoms with van der Waals surface area (Å²) in [7, 11) is 0. The van der Waals surface area contributed by atoms with Gasteiger partial charge in [-0.15, -0.1) is 0 Å². The van der Waals surface area contributed by atoms with E-state index in [1.54, 1.807) is 0 Å². The molecule has 120 valence electrons. The molecule has 2 aromatic rings. The van der Waals surface area contributed by atoms with Gasteiger partial charge in [0.1, 0.15) is 12.2 Å². The lowest BCUT2D eigenvalue weighted by atomic mass is 10.2. The molecule has 2 atom stereocenters. The van der Waals surface area contributed by atoms with Crippen molar-refractivity contribution in [1.82, 2.24) is 0 Å². The minimum Gasteiger partial charge on any atom is -0.375 e. The van der Waals surface area contributed by atoms with Crippen LogP contribution in [0.1, 0.15) is 11.1 Å². The van der Waals surface area contributed by atoms with Crippen molar-refractivity contribution in [2.45, 2.75) is 25.4 Å². The maximum Gasteiger partial charge on any atom is 0.111 e. The summed E-state index contributed by atoms with van der Waals surface area (Å²) >= 11 is 0. The van der Waals surface area contributed by atoms with E-state index in [9.17, 15) is 0 Å². The van der Waals surface area contributed by atoms with Crippen molar-refractivity contribution in [2.75, 3.05) is 13.2 Å². The number of hydrogen-bond acceptors (Lipinski definition) is 3. The molecular weight excluding hydrogens is 288 g/mol. The van der Waals surface area contributed by atoms with Crippen LogP contribution in [0.5, 0.6) is 0 Å². The number of ether oxygens (including phenoxy) is 3. The molecule has 0 N–H and O–H groups in total. The highest BCUT2D eigenvalue weighted by Crippen LogP contribution is 2.15. The van der Waals surface area contributed by atoms with E-state index in [2.05, 4.69) is 24.3 Å². The van der Waals surface area contributed by atoms with E-state index in [1.165, 1.54) is 0 Å². The molecule has 0 aliphatic carbocycles. The van der Waals surface area contributed by atoms with E-state index in [0.29, 0.717) is 26.4 Å². The van der Waals surface area contributed by atoms with Gasteiger partial charge >= 0.3 is 0 Å². The first-order valence-electron chi connectivity index (χ1n) is 7.97. The molecule has 0 spiro atoms. The van der Waals surface area contributed by atoms with Crippen LogP contribution >= 0.6 is 0 Å². The van der Waals surface area contributed by atoms with Crippen LogP contribution < -0.4 is 0 Å². The lowest BCUT2D eigenvalue weighted by molar-refractivity contribution is -0.0903. The summed E-state index contributed by atoms with van der Waals surface area (Å²) in [5.74, 6) is 0. The molecule has 0 amide bonds. The van der Waals surface area contributed by atoms with Gasteiger partial charge in [-0.2, -0.15) is 0 Å². The van der Waals surface area contributed by atoms with Crippen molar-refractivity contribution in [2.24, 2.45) is 0 Å². The van der Waals surface area contributed by atoms with Crippen LogP contribution in [0.2, 0.25) is 0 Å². The van der Waals surface area contributed by atoms with Crippen molar-refractivity contribution >= 4 is 0 Å². The number of hydrogen-bond donors (Lipinski definition) is 0. The Kier molecular flexibility index (Phi) is 5.98. The van der Waals surface area contributed by atoms with Gasteiger partial charge in [0.25, 0.3) is 0 Å². The molecular formula is C20H22O3. The van der Waals surface area contributed by atoms with E-state index in [1.807, 2.05) is 48.6 Å². The zero-order valence-corrected chi connectivity index (χ0v) is 13.1. The first-order chi connectivity index (χ1) is 11.4. The van der Waals surface area contributed by atoms with Gasteiger partial charge in [0, 0.05) is 0 Å². The van der Waals surface area contributed by atoms with Crippen LogP contribution in [0.3, 0.4) is 0 Å². The largest absolute Gasteiger partial charge is 0.375 e. The molecule has 3 rings (SSSR count). The van der Waals surface area contributed by atoms with Crippen molar-refractivity contribution in [1.29, 1.82) is 0 Å². The van der Waals surface area contributed by atoms with Gasteiger partial charge in [0.05, 0.1) is 26.4 Å². The second kappa shape index (κ2) is 8.63. The molecule has 0 saturated carbocycles. The summed E-state index contributed by atoms with van der Waals surface area (Å²) in [4.78, 5) is 0. The standard InChI is InChI=1S/C20H22O3/c1-3-8-17(9-4-1)14-22-19-12-7-13-21-16-20(19)23-15-18-10-5-2-6-11-18/h1-12,19-20H,13-16H2/t19-,20+/m0/s1. The van der Waals surface area contributed by atoms with Crippen LogP contribution in [0.25, 0.3) is 0 Å². The van der Waals surface area contributed by atoms with Gasteiger partial charge in [-0.05, 0) is 11.1 Å². The molecule has 23 heavy (non-hydrogen) atoms. The summed E-state index contributed by atoms with van der Waals surface area (Å²) in [6.07, 6.45) is 3.85. The van der Waals surface area contributed by atoms with Crippen molar-refractivity contribution in [3.8, 4) is 0 Å². The summed E-state index contributed by atoms with van der Waals surface area (Å²) in [6.45, 7) is 2.28. The smallest absolute Gasteiger partial charge is 0.111 e. The molecule has 1 aliphatic heterocycles. The molecule has 1 aliphatic rings. The molecule has 3 nitrogen and oxygen atoms in total. The summed E-state index contributed by atoms with van der Waals surface area (Å²) < 4.78 is 17.7. The Balaban J connectivity index is 1.58. The molecule has 0 radical (unpaired) electrons. The van der Waals surface area contributed by atoms with Crippen LogP contribution in [-0.4, -0.2) is 25.4 Å². The van der Waals surface area contributed by atoms with Crippen molar-refractivity contribution in [3.05, 3.63) is 83.9 Å². The van der Waals surface area contributed by atoms with E-state index >= 15 is 0 Å². The predicted octanol–water partition coefficient (Wildman–Crippen LogP) is 3.74. The fourth-order valence-electron chi connectivity index (χ4n) is 2.51. The molecule has 0 unspecified atom stereocenters. The van der Waals surface area contributed by atoms with Gasteiger partial charge in [-0.3, -0.25) is 0 Å². The van der Waals surface area contributed by atoms with E-state index < -0.39 is 0 Å². The minimum absolute atomic E-state index is 0.0959. The zero-order valence-electron chi connectivity index (χ0n) is 13.1. The predicted molar refractivity (Wildman–Crippen MR) is 90.0 cm³/mol. The maximum absolute atomic E-state index is 6.06. The summed E-state index contributed by atoms with van der Waals surface area (Å²) in [5.41, 5.74) is 2.32. The van der Waals surface area contributed by atoms with Crippen molar-refractivity contribution in [3.63, 3.8) is 0 Å². The monoisotopic (exact) mass is 310 g/mol. The number of rotatable bonds is 6. The lowest BCUT2D eigenvalue weighted by Gasteiger charge is -2.24. The number of benzene rings is 2. The molecule has 0 saturated heterocycles. The molecule has 0 fully saturated rings. The quantitative estimate of drug-likeness (QED) is 0.761. The van der Waals surface area contributed by atoms with Crippen LogP contribution in [-0.2, 0) is 27.4 Å². The molecule has 0 aromatic heterocycles. The van der Waals surface area contributed by atoms with Gasteiger partial charge in [-0.25, -0.2) is 0 Å². The SMILES string of the molecule is C1=C[C@H](OCc2ccccc2)[C@H](OCc2ccccc2)COC1. The third-order valence-electron chi connectivity index (χ3n) is 3.78. The third-order valence-corrected chi connectivity index (χ3v) is 3.78. The Labute approximate surface area is 137 Å². The van der Waals surface area contributed by atoms with Gasteiger partial charge < -0.3 is 14.2 Å². The van der Waals surface area contributed by atoms with Crippen molar-refractivity contribution < 1.29 is 14.2 Å². The first-order valence-corrected chi connectivity index (χ1v) is 7.97. The average molecular weight is 310 g/mol. The zero-order chi connectivity index (χ0) is 15.7. The minimum atomic E-state index is -0.0994. The summed E-state index contributed by atoms with van der Waals surface area (Å²) in [5, 5.41) is 0. The van der Waals surface area contributed by atoms with Gasteiger partial charge in [-0.1, -0.05) is 72.8 Å². The second-order valence-corrected chi connectivity index (χ2v) is 5.56. The lowest BCUT2D eigenvalue weighted by Crippen LogP contribution is -2.33. The highest BCUT2D eigenvalue weighted by atomic mass is 16.6.